The topological polar surface area (TPSA) is 93.5 Å². The first-order valence-corrected chi connectivity index (χ1v) is 12.5. The molecule has 0 aliphatic heterocycles. The van der Waals surface area contributed by atoms with Crippen molar-refractivity contribution in [3.63, 3.8) is 0 Å². The van der Waals surface area contributed by atoms with Gasteiger partial charge < -0.3 is 4.74 Å². The lowest BCUT2D eigenvalue weighted by molar-refractivity contribution is -0.131. The summed E-state index contributed by atoms with van der Waals surface area (Å²) in [7, 11) is 0. The minimum atomic E-state index is -0.379. The minimum absolute atomic E-state index is 0.179. The lowest BCUT2D eigenvalue weighted by Gasteiger charge is -2.04. The Kier molecular flexibility index (Phi) is 9.10. The molecule has 0 aliphatic carbocycles. The number of rotatable bonds is 9. The molecular weight excluding hydrogens is 488 g/mol. The molecule has 166 valence electrons. The van der Waals surface area contributed by atoms with Crippen LogP contribution in [0.5, 0.6) is 5.75 Å². The number of benzene rings is 2. The highest BCUT2D eigenvalue weighted by Gasteiger charge is 2.09. The molecule has 0 aliphatic rings. The normalized spacial score (nSPS) is 11.3. The summed E-state index contributed by atoms with van der Waals surface area (Å²) in [5.41, 5.74) is 5.13. The van der Waals surface area contributed by atoms with E-state index in [1.807, 2.05) is 24.3 Å². The number of carbonyl (C=O) groups is 2. The Morgan fingerprint density at radius 1 is 1.03 bits per heavy atom. The molecule has 3 aromatic rings. The van der Waals surface area contributed by atoms with E-state index in [-0.39, 0.29) is 17.6 Å². The van der Waals surface area contributed by atoms with Crippen LogP contribution in [-0.2, 0) is 15.3 Å². The molecule has 3 rings (SSSR count). The Hall–Kier alpha value is -2.40. The van der Waals surface area contributed by atoms with Crippen molar-refractivity contribution in [2.24, 2.45) is 5.10 Å². The number of nitrogens with zero attached hydrogens (tertiary/aromatic N) is 3. The van der Waals surface area contributed by atoms with Gasteiger partial charge in [0.05, 0.1) is 11.5 Å². The zero-order valence-corrected chi connectivity index (χ0v) is 20.4. The molecule has 0 fully saturated rings. The molecule has 0 bridgehead atoms. The Bertz CT molecular complexity index is 1100. The average Bonchev–Trinajstić information content (AvgIpc) is 3.23. The Labute approximate surface area is 203 Å². The monoisotopic (exact) mass is 506 g/mol. The molecule has 0 unspecified atom stereocenters. The number of carbonyl (C=O) groups excluding carboxylic acids is 2. The molecule has 0 spiro atoms. The van der Waals surface area contributed by atoms with Crippen LogP contribution in [0.2, 0.25) is 5.02 Å². The molecule has 1 N–H and O–H groups in total. The van der Waals surface area contributed by atoms with Gasteiger partial charge in [0, 0.05) is 17.7 Å². The molecule has 1 aromatic heterocycles. The van der Waals surface area contributed by atoms with Gasteiger partial charge in [-0.05, 0) is 54.4 Å². The summed E-state index contributed by atoms with van der Waals surface area (Å²) in [5, 5.41) is 13.1. The fourth-order valence-corrected chi connectivity index (χ4v) is 5.23. The van der Waals surface area contributed by atoms with Crippen LogP contribution >= 0.6 is 46.5 Å². The second-order valence-electron chi connectivity index (χ2n) is 6.39. The van der Waals surface area contributed by atoms with Gasteiger partial charge in [-0.2, -0.15) is 5.10 Å². The van der Waals surface area contributed by atoms with Crippen LogP contribution < -0.4 is 10.2 Å². The van der Waals surface area contributed by atoms with Crippen molar-refractivity contribution in [1.29, 1.82) is 0 Å². The van der Waals surface area contributed by atoms with Crippen molar-refractivity contribution in [2.75, 3.05) is 5.75 Å². The third-order valence-corrected chi connectivity index (χ3v) is 7.39. The van der Waals surface area contributed by atoms with Crippen LogP contribution in [0.4, 0.5) is 0 Å². The zero-order valence-electron chi connectivity index (χ0n) is 17.2. The van der Waals surface area contributed by atoms with E-state index in [2.05, 4.69) is 20.7 Å². The van der Waals surface area contributed by atoms with Gasteiger partial charge in [0.15, 0.2) is 8.68 Å². The first-order chi connectivity index (χ1) is 15.4. The van der Waals surface area contributed by atoms with E-state index in [4.69, 9.17) is 16.3 Å². The number of hydrazone groups is 1. The standard InChI is InChI=1S/C21H19ClN4O3S3/c1-13(16-5-9-18(10-6-16)29-14(2)27)23-24-19(28)12-31-21-26-25-20(32-21)30-11-15-3-7-17(22)8-4-15/h3-10H,11-12H2,1-2H3,(H,24,28)/b23-13-. The van der Waals surface area contributed by atoms with Crippen LogP contribution in [0.25, 0.3) is 0 Å². The van der Waals surface area contributed by atoms with Crippen molar-refractivity contribution in [3.05, 3.63) is 64.7 Å². The lowest BCUT2D eigenvalue weighted by atomic mass is 10.1. The fraction of sp³-hybridized carbons (Fsp3) is 0.190. The summed E-state index contributed by atoms with van der Waals surface area (Å²) in [6.45, 7) is 3.13. The van der Waals surface area contributed by atoms with Gasteiger partial charge in [-0.15, -0.1) is 10.2 Å². The van der Waals surface area contributed by atoms with Crippen molar-refractivity contribution in [2.45, 2.75) is 28.3 Å². The summed E-state index contributed by atoms with van der Waals surface area (Å²) in [6, 6.07) is 14.6. The van der Waals surface area contributed by atoms with Crippen LogP contribution in [0.1, 0.15) is 25.0 Å². The number of halogens is 1. The third kappa shape index (κ3) is 7.94. The number of thioether (sulfide) groups is 2. The van der Waals surface area contributed by atoms with Crippen molar-refractivity contribution >= 4 is 64.0 Å². The van der Waals surface area contributed by atoms with Crippen LogP contribution in [0, 0.1) is 0 Å². The molecule has 0 saturated carbocycles. The Balaban J connectivity index is 1.43. The van der Waals surface area contributed by atoms with Crippen LogP contribution in [0.15, 0.2) is 62.3 Å². The molecule has 0 atom stereocenters. The first-order valence-electron chi connectivity index (χ1n) is 9.34. The smallest absolute Gasteiger partial charge is 0.308 e. The molecular formula is C21H19ClN4O3S3. The number of hydrogen-bond acceptors (Lipinski definition) is 9. The predicted octanol–water partition coefficient (Wildman–Crippen LogP) is 5.04. The highest BCUT2D eigenvalue weighted by Crippen LogP contribution is 2.30. The summed E-state index contributed by atoms with van der Waals surface area (Å²) in [6.07, 6.45) is 0. The van der Waals surface area contributed by atoms with E-state index in [1.165, 1.54) is 30.0 Å². The van der Waals surface area contributed by atoms with Crippen LogP contribution in [-0.4, -0.2) is 33.5 Å². The largest absolute Gasteiger partial charge is 0.427 e. The number of aromatic nitrogens is 2. The molecule has 0 saturated heterocycles. The van der Waals surface area contributed by atoms with E-state index in [0.717, 1.165) is 25.6 Å². The summed E-state index contributed by atoms with van der Waals surface area (Å²) < 4.78 is 6.56. The molecule has 7 nitrogen and oxygen atoms in total. The Morgan fingerprint density at radius 2 is 1.69 bits per heavy atom. The van der Waals surface area contributed by atoms with Crippen LogP contribution in [0.3, 0.4) is 0 Å². The summed E-state index contributed by atoms with van der Waals surface area (Å²) >= 11 is 10.2. The highest BCUT2D eigenvalue weighted by atomic mass is 35.5. The molecule has 11 heteroatoms. The van der Waals surface area contributed by atoms with Crippen molar-refractivity contribution in [3.8, 4) is 5.75 Å². The van der Waals surface area contributed by atoms with Gasteiger partial charge in [0.1, 0.15) is 5.75 Å². The second-order valence-corrected chi connectivity index (χ2v) is 10.2. The van der Waals surface area contributed by atoms with E-state index in [0.29, 0.717) is 16.5 Å². The molecule has 32 heavy (non-hydrogen) atoms. The van der Waals surface area contributed by atoms with E-state index in [9.17, 15) is 9.59 Å². The lowest BCUT2D eigenvalue weighted by Crippen LogP contribution is -2.21. The van der Waals surface area contributed by atoms with E-state index < -0.39 is 0 Å². The molecule has 0 radical (unpaired) electrons. The number of hydrogen-bond donors (Lipinski definition) is 1. The van der Waals surface area contributed by atoms with Crippen molar-refractivity contribution < 1.29 is 14.3 Å². The second kappa shape index (κ2) is 12.0. The zero-order chi connectivity index (χ0) is 22.9. The number of esters is 1. The fourth-order valence-electron chi connectivity index (χ4n) is 2.34. The number of amides is 1. The van der Waals surface area contributed by atoms with Gasteiger partial charge in [-0.3, -0.25) is 9.59 Å². The van der Waals surface area contributed by atoms with E-state index in [1.54, 1.807) is 43.0 Å². The van der Waals surface area contributed by atoms with Crippen molar-refractivity contribution in [1.82, 2.24) is 15.6 Å². The average molecular weight is 507 g/mol. The number of nitrogens with one attached hydrogen (secondary N) is 1. The van der Waals surface area contributed by atoms with Gasteiger partial charge in [0.25, 0.3) is 5.91 Å². The molecule has 1 heterocycles. The van der Waals surface area contributed by atoms with Gasteiger partial charge >= 0.3 is 5.97 Å². The Morgan fingerprint density at radius 3 is 2.34 bits per heavy atom. The maximum absolute atomic E-state index is 12.1. The van der Waals surface area contributed by atoms with Gasteiger partial charge in [0.2, 0.25) is 0 Å². The summed E-state index contributed by atoms with van der Waals surface area (Å²) in [4.78, 5) is 23.1. The first kappa shape index (κ1) is 24.2. The maximum atomic E-state index is 12.1. The van der Waals surface area contributed by atoms with Gasteiger partial charge in [-0.25, -0.2) is 5.43 Å². The highest BCUT2D eigenvalue weighted by molar-refractivity contribution is 8.03. The SMILES string of the molecule is CC(=O)Oc1ccc(/C(C)=N\NC(=O)CSc2nnc(SCc3ccc(Cl)cc3)s2)cc1. The minimum Gasteiger partial charge on any atom is -0.427 e. The predicted molar refractivity (Wildman–Crippen MR) is 130 cm³/mol. The third-order valence-electron chi connectivity index (χ3n) is 3.87. The summed E-state index contributed by atoms with van der Waals surface area (Å²) in [5.74, 6) is 0.787. The molecule has 1 amide bonds. The van der Waals surface area contributed by atoms with Gasteiger partial charge in [-0.1, -0.05) is 58.6 Å². The number of ether oxygens (including phenoxy) is 1. The maximum Gasteiger partial charge on any atom is 0.308 e. The molecule has 2 aromatic carbocycles. The quantitative estimate of drug-likeness (QED) is 0.143. The van der Waals surface area contributed by atoms with E-state index >= 15 is 0 Å².